The van der Waals surface area contributed by atoms with Gasteiger partial charge in [-0.2, -0.15) is 0 Å². The molecule has 0 bridgehead atoms. The van der Waals surface area contributed by atoms with Crippen LogP contribution in [0.25, 0.3) is 11.2 Å². The topological polar surface area (TPSA) is 88.8 Å². The summed E-state index contributed by atoms with van der Waals surface area (Å²) in [6.07, 6.45) is 1.41. The Hall–Kier alpha value is -2.61. The van der Waals surface area contributed by atoms with Crippen LogP contribution in [0.15, 0.2) is 30.6 Å². The zero-order chi connectivity index (χ0) is 14.7. The van der Waals surface area contributed by atoms with Crippen molar-refractivity contribution in [1.82, 2.24) is 25.0 Å². The van der Waals surface area contributed by atoms with E-state index in [1.165, 1.54) is 18.5 Å². The van der Waals surface area contributed by atoms with Crippen molar-refractivity contribution in [1.29, 1.82) is 0 Å². The van der Waals surface area contributed by atoms with Gasteiger partial charge in [-0.1, -0.05) is 17.3 Å². The van der Waals surface area contributed by atoms with Crippen LogP contribution in [0.2, 0.25) is 0 Å². The van der Waals surface area contributed by atoms with E-state index in [0.29, 0.717) is 30.1 Å². The van der Waals surface area contributed by atoms with Crippen molar-refractivity contribution in [3.05, 3.63) is 42.0 Å². The number of hydrogen-bond donors (Lipinski definition) is 2. The second-order valence-electron chi connectivity index (χ2n) is 4.42. The number of hydrogen-bond acceptors (Lipinski definition) is 6. The van der Waals surface area contributed by atoms with Crippen LogP contribution >= 0.6 is 0 Å². The summed E-state index contributed by atoms with van der Waals surface area (Å²) in [6, 6.07) is 6.18. The van der Waals surface area contributed by atoms with Gasteiger partial charge < -0.3 is 10.4 Å². The van der Waals surface area contributed by atoms with Crippen LogP contribution in [0.4, 0.5) is 10.2 Å². The first-order chi connectivity index (χ1) is 10.3. The number of halogens is 1. The summed E-state index contributed by atoms with van der Waals surface area (Å²) in [5.74, 6) is 0.249. The molecule has 3 aromatic rings. The third kappa shape index (κ3) is 2.79. The maximum atomic E-state index is 12.9. The minimum Gasteiger partial charge on any atom is -0.395 e. The van der Waals surface area contributed by atoms with Crippen molar-refractivity contribution in [2.45, 2.75) is 6.54 Å². The van der Waals surface area contributed by atoms with E-state index >= 15 is 0 Å². The van der Waals surface area contributed by atoms with Crippen LogP contribution < -0.4 is 5.32 Å². The molecule has 0 aliphatic rings. The van der Waals surface area contributed by atoms with E-state index in [1.54, 1.807) is 16.8 Å². The molecular weight excluding hydrogens is 275 g/mol. The molecule has 0 amide bonds. The molecule has 1 aromatic carbocycles. The Labute approximate surface area is 119 Å². The van der Waals surface area contributed by atoms with E-state index in [1.807, 2.05) is 0 Å². The normalized spacial score (nSPS) is 11.0. The lowest BCUT2D eigenvalue weighted by atomic mass is 10.2. The van der Waals surface area contributed by atoms with E-state index in [9.17, 15) is 4.39 Å². The number of aromatic nitrogens is 5. The maximum absolute atomic E-state index is 12.9. The lowest BCUT2D eigenvalue weighted by molar-refractivity contribution is 0.311. The van der Waals surface area contributed by atoms with Gasteiger partial charge in [-0.15, -0.1) is 5.10 Å². The summed E-state index contributed by atoms with van der Waals surface area (Å²) < 4.78 is 14.5. The van der Waals surface area contributed by atoms with Gasteiger partial charge in [0, 0.05) is 6.54 Å². The Bertz CT molecular complexity index is 742. The smallest absolute Gasteiger partial charge is 0.184 e. The minimum atomic E-state index is -0.278. The average molecular weight is 288 g/mol. The summed E-state index contributed by atoms with van der Waals surface area (Å²) in [7, 11) is 0. The number of rotatable bonds is 5. The Balaban J connectivity index is 1.91. The second kappa shape index (κ2) is 5.80. The molecule has 0 spiro atoms. The van der Waals surface area contributed by atoms with E-state index in [2.05, 4.69) is 25.6 Å². The average Bonchev–Trinajstić information content (AvgIpc) is 2.91. The lowest BCUT2D eigenvalue weighted by Gasteiger charge is -2.04. The van der Waals surface area contributed by atoms with Crippen molar-refractivity contribution in [2.75, 3.05) is 18.5 Å². The van der Waals surface area contributed by atoms with Gasteiger partial charge in [-0.05, 0) is 17.7 Å². The summed E-state index contributed by atoms with van der Waals surface area (Å²) in [4.78, 5) is 8.25. The number of anilines is 1. The van der Waals surface area contributed by atoms with Crippen LogP contribution in [-0.2, 0) is 6.54 Å². The van der Waals surface area contributed by atoms with Crippen molar-refractivity contribution in [2.24, 2.45) is 0 Å². The van der Waals surface area contributed by atoms with Crippen LogP contribution in [0.5, 0.6) is 0 Å². The number of aliphatic hydroxyl groups is 1. The highest BCUT2D eigenvalue weighted by molar-refractivity contribution is 5.81. The van der Waals surface area contributed by atoms with Gasteiger partial charge in [0.05, 0.1) is 13.2 Å². The van der Waals surface area contributed by atoms with E-state index < -0.39 is 0 Å². The van der Waals surface area contributed by atoms with Gasteiger partial charge in [0.25, 0.3) is 0 Å². The molecule has 0 radical (unpaired) electrons. The molecule has 108 valence electrons. The largest absolute Gasteiger partial charge is 0.395 e. The Morgan fingerprint density at radius 1 is 1.19 bits per heavy atom. The van der Waals surface area contributed by atoms with Crippen molar-refractivity contribution >= 4 is 17.0 Å². The number of nitrogens with one attached hydrogen (secondary N) is 1. The maximum Gasteiger partial charge on any atom is 0.184 e. The fourth-order valence-electron chi connectivity index (χ4n) is 1.96. The number of aliphatic hydroxyl groups excluding tert-OH is 1. The summed E-state index contributed by atoms with van der Waals surface area (Å²) in [6.45, 7) is 0.805. The monoisotopic (exact) mass is 288 g/mol. The van der Waals surface area contributed by atoms with E-state index in [4.69, 9.17) is 5.11 Å². The van der Waals surface area contributed by atoms with Crippen LogP contribution in [0.3, 0.4) is 0 Å². The van der Waals surface area contributed by atoms with Crippen LogP contribution in [0.1, 0.15) is 5.56 Å². The number of fused-ring (bicyclic) bond motifs is 1. The van der Waals surface area contributed by atoms with Gasteiger partial charge >= 0.3 is 0 Å². The SMILES string of the molecule is OCCNc1ncnc2c1nnn2Cc1ccc(F)cc1. The predicted octanol–water partition coefficient (Wildman–Crippen LogP) is 0.813. The highest BCUT2D eigenvalue weighted by Gasteiger charge is 2.11. The molecule has 2 N–H and O–H groups in total. The molecular formula is C13H13FN6O. The van der Waals surface area contributed by atoms with Gasteiger partial charge in [0.1, 0.15) is 12.1 Å². The molecule has 0 atom stereocenters. The van der Waals surface area contributed by atoms with Crippen molar-refractivity contribution in [3.8, 4) is 0 Å². The van der Waals surface area contributed by atoms with E-state index in [-0.39, 0.29) is 12.4 Å². The van der Waals surface area contributed by atoms with Gasteiger partial charge in [-0.3, -0.25) is 0 Å². The first kappa shape index (κ1) is 13.4. The van der Waals surface area contributed by atoms with Crippen LogP contribution in [0, 0.1) is 5.82 Å². The van der Waals surface area contributed by atoms with Crippen molar-refractivity contribution in [3.63, 3.8) is 0 Å². The van der Waals surface area contributed by atoms with Crippen LogP contribution in [-0.4, -0.2) is 43.2 Å². The summed E-state index contributed by atoms with van der Waals surface area (Å²) in [5.41, 5.74) is 2.01. The second-order valence-corrected chi connectivity index (χ2v) is 4.42. The standard InChI is InChI=1S/C13H13FN6O/c14-10-3-1-9(2-4-10)7-20-13-11(18-19-20)12(15-5-6-21)16-8-17-13/h1-4,8,21H,5-7H2,(H,15,16,17). The van der Waals surface area contributed by atoms with E-state index in [0.717, 1.165) is 5.56 Å². The highest BCUT2D eigenvalue weighted by atomic mass is 19.1. The Kier molecular flexibility index (Phi) is 3.69. The Morgan fingerprint density at radius 2 is 2.00 bits per heavy atom. The molecule has 0 unspecified atom stereocenters. The minimum absolute atomic E-state index is 0.00475. The Morgan fingerprint density at radius 3 is 2.76 bits per heavy atom. The third-order valence-corrected chi connectivity index (χ3v) is 2.95. The fourth-order valence-corrected chi connectivity index (χ4v) is 1.96. The fraction of sp³-hybridized carbons (Fsp3) is 0.231. The van der Waals surface area contributed by atoms with Crippen molar-refractivity contribution < 1.29 is 9.50 Å². The van der Waals surface area contributed by atoms with Gasteiger partial charge in [0.15, 0.2) is 17.0 Å². The quantitative estimate of drug-likeness (QED) is 0.722. The molecule has 0 aliphatic carbocycles. The third-order valence-electron chi connectivity index (χ3n) is 2.95. The number of nitrogens with zero attached hydrogens (tertiary/aromatic N) is 5. The molecule has 2 aromatic heterocycles. The molecule has 8 heteroatoms. The molecule has 0 fully saturated rings. The van der Waals surface area contributed by atoms with Gasteiger partial charge in [-0.25, -0.2) is 19.0 Å². The number of benzene rings is 1. The molecule has 3 rings (SSSR count). The molecule has 0 saturated carbocycles. The molecule has 21 heavy (non-hydrogen) atoms. The highest BCUT2D eigenvalue weighted by Crippen LogP contribution is 2.16. The molecule has 0 saturated heterocycles. The summed E-state index contributed by atoms with van der Waals surface area (Å²) >= 11 is 0. The molecule has 7 nitrogen and oxygen atoms in total. The lowest BCUT2D eigenvalue weighted by Crippen LogP contribution is -2.08. The zero-order valence-electron chi connectivity index (χ0n) is 11.1. The first-order valence-corrected chi connectivity index (χ1v) is 6.41. The zero-order valence-corrected chi connectivity index (χ0v) is 11.1. The predicted molar refractivity (Wildman–Crippen MR) is 74.2 cm³/mol. The summed E-state index contributed by atoms with van der Waals surface area (Å²) in [5, 5.41) is 19.9. The molecule has 2 heterocycles. The van der Waals surface area contributed by atoms with Gasteiger partial charge in [0.2, 0.25) is 0 Å². The molecule has 0 aliphatic heterocycles. The first-order valence-electron chi connectivity index (χ1n) is 6.41.